The van der Waals surface area contributed by atoms with Gasteiger partial charge in [0.05, 0.1) is 12.6 Å². The second-order valence-electron chi connectivity index (χ2n) is 10.9. The molecule has 6 rings (SSSR count). The Labute approximate surface area is 241 Å². The molecular formula is C31H29ClF2N4O3. The van der Waals surface area contributed by atoms with Gasteiger partial charge in [0, 0.05) is 42.3 Å². The predicted octanol–water partition coefficient (Wildman–Crippen LogP) is 5.09. The summed E-state index contributed by atoms with van der Waals surface area (Å²) in [6.07, 6.45) is 0.683. The number of rotatable bonds is 6. The van der Waals surface area contributed by atoms with Gasteiger partial charge in [0.15, 0.2) is 0 Å². The summed E-state index contributed by atoms with van der Waals surface area (Å²) in [5.74, 6) is -4.11. The number of halogens is 3. The zero-order valence-corrected chi connectivity index (χ0v) is 23.0. The van der Waals surface area contributed by atoms with E-state index in [0.29, 0.717) is 34.9 Å². The lowest BCUT2D eigenvalue weighted by atomic mass is 9.96. The Morgan fingerprint density at radius 1 is 0.976 bits per heavy atom. The van der Waals surface area contributed by atoms with Gasteiger partial charge in [-0.15, -0.1) is 0 Å². The zero-order valence-electron chi connectivity index (χ0n) is 22.2. The first-order valence-corrected chi connectivity index (χ1v) is 14.0. The van der Waals surface area contributed by atoms with E-state index in [9.17, 15) is 14.4 Å². The van der Waals surface area contributed by atoms with Crippen LogP contribution in [0.2, 0.25) is 5.02 Å². The average molecular weight is 579 g/mol. The van der Waals surface area contributed by atoms with E-state index in [1.165, 1.54) is 4.90 Å². The van der Waals surface area contributed by atoms with Gasteiger partial charge in [0.2, 0.25) is 11.8 Å². The van der Waals surface area contributed by atoms with Crippen LogP contribution in [0, 0.1) is 0 Å². The quantitative estimate of drug-likeness (QED) is 0.398. The van der Waals surface area contributed by atoms with Crippen LogP contribution in [0.3, 0.4) is 0 Å². The van der Waals surface area contributed by atoms with Crippen molar-refractivity contribution < 1.29 is 23.2 Å². The van der Waals surface area contributed by atoms with Gasteiger partial charge in [0.25, 0.3) is 11.8 Å². The molecule has 3 aromatic carbocycles. The number of hydrogen-bond donors (Lipinski definition) is 2. The molecule has 41 heavy (non-hydrogen) atoms. The molecule has 3 heterocycles. The standard InChI is InChI=1S/C31H29ClF2N4O3/c32-22-7-5-19(6-8-22)24-4-2-1-3-20(24)16-37-14-13-27(31(33,34)18-37)35-23-9-10-25-21(15-23)17-38(30(25)41)26-11-12-28(39)36-29(26)40/h1-10,15,26-27,35H,11-14,16-18H2,(H,36,39,40). The number of nitrogens with zero attached hydrogens (tertiary/aromatic N) is 2. The predicted molar refractivity (Wildman–Crippen MR) is 152 cm³/mol. The van der Waals surface area contributed by atoms with Gasteiger partial charge in [-0.2, -0.15) is 0 Å². The summed E-state index contributed by atoms with van der Waals surface area (Å²) in [7, 11) is 0. The smallest absolute Gasteiger partial charge is 0.280 e. The lowest BCUT2D eigenvalue weighted by molar-refractivity contribution is -0.136. The molecular weight excluding hydrogens is 550 g/mol. The summed E-state index contributed by atoms with van der Waals surface area (Å²) in [6, 6.07) is 18.5. The lowest BCUT2D eigenvalue weighted by Gasteiger charge is -2.39. The number of likely N-dealkylation sites (tertiary alicyclic amines) is 1. The molecule has 10 heteroatoms. The molecule has 0 aromatic heterocycles. The first kappa shape index (κ1) is 27.4. The van der Waals surface area contributed by atoms with Crippen molar-refractivity contribution in [3.63, 3.8) is 0 Å². The number of benzene rings is 3. The van der Waals surface area contributed by atoms with Gasteiger partial charge in [-0.1, -0.05) is 48.0 Å². The molecule has 0 aliphatic carbocycles. The normalized spacial score (nSPS) is 22.4. The third-order valence-corrected chi connectivity index (χ3v) is 8.36. The molecule has 2 fully saturated rings. The number of imide groups is 1. The van der Waals surface area contributed by atoms with Crippen molar-refractivity contribution in [2.24, 2.45) is 0 Å². The fourth-order valence-electron chi connectivity index (χ4n) is 6.00. The Balaban J connectivity index is 1.11. The number of carbonyl (C=O) groups excluding carboxylic acids is 3. The number of nitrogens with one attached hydrogen (secondary N) is 2. The fourth-order valence-corrected chi connectivity index (χ4v) is 6.12. The molecule has 3 aliphatic rings. The molecule has 212 valence electrons. The van der Waals surface area contributed by atoms with E-state index in [0.717, 1.165) is 16.7 Å². The summed E-state index contributed by atoms with van der Waals surface area (Å²) >= 11 is 6.04. The molecule has 0 radical (unpaired) electrons. The maximum Gasteiger partial charge on any atom is 0.280 e. The monoisotopic (exact) mass is 578 g/mol. The number of alkyl halides is 2. The molecule has 3 aromatic rings. The minimum absolute atomic E-state index is 0.170. The van der Waals surface area contributed by atoms with Crippen molar-refractivity contribution >= 4 is 35.0 Å². The van der Waals surface area contributed by atoms with Gasteiger partial charge < -0.3 is 10.2 Å². The van der Waals surface area contributed by atoms with Crippen molar-refractivity contribution in [2.45, 2.75) is 50.4 Å². The highest BCUT2D eigenvalue weighted by molar-refractivity contribution is 6.30. The van der Waals surface area contributed by atoms with Gasteiger partial charge >= 0.3 is 0 Å². The second-order valence-corrected chi connectivity index (χ2v) is 11.3. The van der Waals surface area contributed by atoms with E-state index in [1.54, 1.807) is 23.1 Å². The molecule has 7 nitrogen and oxygen atoms in total. The topological polar surface area (TPSA) is 81.8 Å². The van der Waals surface area contributed by atoms with E-state index in [2.05, 4.69) is 10.6 Å². The van der Waals surface area contributed by atoms with Crippen molar-refractivity contribution in [3.8, 4) is 11.1 Å². The summed E-state index contributed by atoms with van der Waals surface area (Å²) in [6.45, 7) is 0.706. The average Bonchev–Trinajstić information content (AvgIpc) is 3.26. The van der Waals surface area contributed by atoms with Gasteiger partial charge in [-0.05, 0) is 65.4 Å². The first-order chi connectivity index (χ1) is 19.7. The minimum atomic E-state index is -2.99. The summed E-state index contributed by atoms with van der Waals surface area (Å²) in [4.78, 5) is 40.0. The lowest BCUT2D eigenvalue weighted by Crippen LogP contribution is -2.54. The van der Waals surface area contributed by atoms with Gasteiger partial charge in [-0.25, -0.2) is 8.78 Å². The number of carbonyl (C=O) groups is 3. The van der Waals surface area contributed by atoms with Gasteiger partial charge in [-0.3, -0.25) is 24.6 Å². The van der Waals surface area contributed by atoms with Crippen LogP contribution in [-0.4, -0.2) is 58.6 Å². The van der Waals surface area contributed by atoms with E-state index >= 15 is 8.78 Å². The Morgan fingerprint density at radius 2 is 1.76 bits per heavy atom. The Hall–Kier alpha value is -3.82. The van der Waals surface area contributed by atoms with Crippen molar-refractivity contribution in [2.75, 3.05) is 18.4 Å². The number of hydrogen-bond acceptors (Lipinski definition) is 5. The van der Waals surface area contributed by atoms with Gasteiger partial charge in [0.1, 0.15) is 6.04 Å². The van der Waals surface area contributed by atoms with Crippen LogP contribution in [0.15, 0.2) is 66.7 Å². The van der Waals surface area contributed by atoms with E-state index in [4.69, 9.17) is 11.6 Å². The Kier molecular flexibility index (Phi) is 7.25. The Bertz CT molecular complexity index is 1510. The molecule has 2 saturated heterocycles. The molecule has 3 aliphatic heterocycles. The van der Waals surface area contributed by atoms with Crippen LogP contribution in [0.5, 0.6) is 0 Å². The number of anilines is 1. The summed E-state index contributed by atoms with van der Waals surface area (Å²) < 4.78 is 30.9. The van der Waals surface area contributed by atoms with Crippen LogP contribution >= 0.6 is 11.6 Å². The van der Waals surface area contributed by atoms with Crippen LogP contribution in [0.4, 0.5) is 14.5 Å². The molecule has 2 atom stereocenters. The van der Waals surface area contributed by atoms with Crippen LogP contribution in [-0.2, 0) is 22.7 Å². The number of fused-ring (bicyclic) bond motifs is 1. The highest BCUT2D eigenvalue weighted by Gasteiger charge is 2.45. The third-order valence-electron chi connectivity index (χ3n) is 8.11. The highest BCUT2D eigenvalue weighted by atomic mass is 35.5. The van der Waals surface area contributed by atoms with Crippen molar-refractivity contribution in [1.82, 2.24) is 15.1 Å². The molecule has 0 spiro atoms. The second kappa shape index (κ2) is 10.9. The highest BCUT2D eigenvalue weighted by Crippen LogP contribution is 2.34. The number of amides is 3. The third kappa shape index (κ3) is 5.56. The van der Waals surface area contributed by atoms with Crippen LogP contribution in [0.1, 0.15) is 40.7 Å². The van der Waals surface area contributed by atoms with Crippen LogP contribution in [0.25, 0.3) is 11.1 Å². The molecule has 0 bridgehead atoms. The maximum absolute atomic E-state index is 15.4. The van der Waals surface area contributed by atoms with Crippen molar-refractivity contribution in [3.05, 3.63) is 88.4 Å². The molecule has 3 amide bonds. The Morgan fingerprint density at radius 3 is 2.51 bits per heavy atom. The number of piperidine rings is 2. The first-order valence-electron chi connectivity index (χ1n) is 13.7. The molecule has 0 saturated carbocycles. The largest absolute Gasteiger partial charge is 0.376 e. The molecule has 2 unspecified atom stereocenters. The minimum Gasteiger partial charge on any atom is -0.376 e. The summed E-state index contributed by atoms with van der Waals surface area (Å²) in [5.41, 5.74) is 4.57. The fraction of sp³-hybridized carbons (Fsp3) is 0.323. The van der Waals surface area contributed by atoms with E-state index in [1.807, 2.05) is 48.5 Å². The van der Waals surface area contributed by atoms with E-state index < -0.39 is 23.9 Å². The SMILES string of the molecule is O=C1CCC(N2Cc3cc(NC4CCN(Cc5ccccc5-c5ccc(Cl)cc5)CC4(F)F)ccc3C2=O)C(=O)N1. The summed E-state index contributed by atoms with van der Waals surface area (Å²) in [5, 5.41) is 5.93. The van der Waals surface area contributed by atoms with Crippen LogP contribution < -0.4 is 10.6 Å². The van der Waals surface area contributed by atoms with E-state index in [-0.39, 0.29) is 44.2 Å². The van der Waals surface area contributed by atoms with Crippen molar-refractivity contribution in [1.29, 1.82) is 0 Å². The molecule has 2 N–H and O–H groups in total. The zero-order chi connectivity index (χ0) is 28.7. The maximum atomic E-state index is 15.4.